The Hall–Kier alpha value is -6.18. The maximum absolute atomic E-state index is 9.42. The Bertz CT molecular complexity index is 2490. The molecule has 8 rings (SSSR count). The molecule has 0 aliphatic rings. The molecule has 0 N–H and O–H groups in total. The maximum atomic E-state index is 9.42. The molecule has 47 heavy (non-hydrogen) atoms. The van der Waals surface area contributed by atoms with Gasteiger partial charge in [-0.05, 0) is 97.7 Å². The molecular formula is C46H33N. The second-order valence-electron chi connectivity index (χ2n) is 11.3. The van der Waals surface area contributed by atoms with Gasteiger partial charge in [0, 0.05) is 17.1 Å². The van der Waals surface area contributed by atoms with E-state index >= 15 is 0 Å². The van der Waals surface area contributed by atoms with Crippen LogP contribution >= 0.6 is 0 Å². The molecule has 0 aliphatic heterocycles. The van der Waals surface area contributed by atoms with Crippen molar-refractivity contribution in [1.82, 2.24) is 0 Å². The van der Waals surface area contributed by atoms with E-state index in [1.807, 2.05) is 78.9 Å². The van der Waals surface area contributed by atoms with Crippen LogP contribution in [-0.2, 0) is 0 Å². The molecule has 1 heteroatoms. The molecule has 8 aromatic rings. The summed E-state index contributed by atoms with van der Waals surface area (Å²) in [5.41, 5.74) is 9.02. The van der Waals surface area contributed by atoms with Gasteiger partial charge in [-0.2, -0.15) is 0 Å². The molecular weight excluding hydrogens is 567 g/mol. The molecule has 0 saturated carbocycles. The zero-order valence-corrected chi connectivity index (χ0v) is 25.5. The summed E-state index contributed by atoms with van der Waals surface area (Å²) in [5.74, 6) is 0. The molecule has 0 heterocycles. The van der Waals surface area contributed by atoms with Gasteiger partial charge < -0.3 is 4.90 Å². The summed E-state index contributed by atoms with van der Waals surface area (Å²) in [4.78, 5) is 2.16. The fraction of sp³-hybridized carbons (Fsp3) is 0. The lowest BCUT2D eigenvalue weighted by atomic mass is 9.95. The van der Waals surface area contributed by atoms with Crippen molar-refractivity contribution in [1.29, 1.82) is 0 Å². The average Bonchev–Trinajstić information content (AvgIpc) is 3.21. The minimum Gasteiger partial charge on any atom is -0.311 e. The van der Waals surface area contributed by atoms with E-state index in [4.69, 9.17) is 6.85 Å². The molecule has 0 aliphatic carbocycles. The Morgan fingerprint density at radius 3 is 1.21 bits per heavy atom. The van der Waals surface area contributed by atoms with Crippen LogP contribution in [0, 0.1) is 0 Å². The number of anilines is 3. The van der Waals surface area contributed by atoms with Gasteiger partial charge in [0.15, 0.2) is 0 Å². The van der Waals surface area contributed by atoms with Gasteiger partial charge in [-0.1, -0.05) is 158 Å². The van der Waals surface area contributed by atoms with E-state index in [0.29, 0.717) is 16.7 Å². The van der Waals surface area contributed by atoms with Crippen molar-refractivity contribution in [3.63, 3.8) is 0 Å². The minimum atomic E-state index is -0.325. The van der Waals surface area contributed by atoms with Crippen LogP contribution in [-0.4, -0.2) is 0 Å². The number of hydrogen-bond donors (Lipinski definition) is 0. The van der Waals surface area contributed by atoms with Gasteiger partial charge in [-0.15, -0.1) is 0 Å². The van der Waals surface area contributed by atoms with E-state index < -0.39 is 0 Å². The van der Waals surface area contributed by atoms with Gasteiger partial charge in [-0.25, -0.2) is 0 Å². The number of rotatable bonds is 7. The van der Waals surface area contributed by atoms with Crippen molar-refractivity contribution in [2.45, 2.75) is 0 Å². The molecule has 0 unspecified atom stereocenters. The first kappa shape index (κ1) is 22.3. The third kappa shape index (κ3) is 5.83. The predicted octanol–water partition coefficient (Wildman–Crippen LogP) is 13.0. The smallest absolute Gasteiger partial charge is 0.0636 e. The van der Waals surface area contributed by atoms with Crippen LogP contribution < -0.4 is 4.90 Å². The average molecular weight is 606 g/mol. The monoisotopic (exact) mass is 605 g/mol. The number of fused-ring (bicyclic) bond motifs is 1. The molecule has 0 bridgehead atoms. The van der Waals surface area contributed by atoms with Crippen LogP contribution in [0.3, 0.4) is 0 Å². The first-order valence-corrected chi connectivity index (χ1v) is 15.6. The lowest BCUT2D eigenvalue weighted by Gasteiger charge is -2.26. The molecule has 0 spiro atoms. The van der Waals surface area contributed by atoms with Crippen molar-refractivity contribution < 1.29 is 8.22 Å². The summed E-state index contributed by atoms with van der Waals surface area (Å²) in [5, 5.41) is 0.283. The molecule has 0 atom stereocenters. The van der Waals surface area contributed by atoms with Gasteiger partial charge in [-0.3, -0.25) is 0 Å². The van der Waals surface area contributed by atoms with E-state index in [-0.39, 0.29) is 52.6 Å². The molecule has 0 saturated heterocycles. The third-order valence-corrected chi connectivity index (χ3v) is 8.38. The van der Waals surface area contributed by atoms with Gasteiger partial charge in [0.2, 0.25) is 0 Å². The SMILES string of the molecule is [2H]c1c([2H])c(-c2ccccc2)c2c([2H])c(-c3ccc(N(c4ccc(-c5ccccc5)cc4)c4ccc(-c5ccccc5)cc4)cc3)c([2H])c([2H])c2c1[2H]. The summed E-state index contributed by atoms with van der Waals surface area (Å²) in [7, 11) is 0. The largest absolute Gasteiger partial charge is 0.311 e. The molecule has 0 fully saturated rings. The maximum Gasteiger partial charge on any atom is 0.0636 e. The van der Waals surface area contributed by atoms with Crippen LogP contribution in [0.2, 0.25) is 0 Å². The van der Waals surface area contributed by atoms with E-state index in [0.717, 1.165) is 39.3 Å². The fourth-order valence-corrected chi connectivity index (χ4v) is 5.96. The highest BCUT2D eigenvalue weighted by atomic mass is 15.1. The molecule has 0 aromatic heterocycles. The number of nitrogens with zero attached hydrogens (tertiary/aromatic N) is 1. The van der Waals surface area contributed by atoms with Gasteiger partial charge >= 0.3 is 0 Å². The summed E-state index contributed by atoms with van der Waals surface area (Å²) in [6, 6.07) is 52.8. The zero-order chi connectivity index (χ0) is 36.6. The van der Waals surface area contributed by atoms with Crippen LogP contribution in [0.5, 0.6) is 0 Å². The van der Waals surface area contributed by atoms with Crippen molar-refractivity contribution in [3.05, 3.63) is 200 Å². The fourth-order valence-electron chi connectivity index (χ4n) is 5.96. The highest BCUT2D eigenvalue weighted by Gasteiger charge is 2.14. The normalized spacial score (nSPS) is 12.8. The van der Waals surface area contributed by atoms with Crippen molar-refractivity contribution in [3.8, 4) is 44.5 Å². The van der Waals surface area contributed by atoms with E-state index in [1.54, 1.807) is 12.1 Å². The Labute approximate surface area is 285 Å². The quantitative estimate of drug-likeness (QED) is 0.175. The van der Waals surface area contributed by atoms with Gasteiger partial charge in [0.05, 0.1) is 8.22 Å². The van der Waals surface area contributed by atoms with Crippen LogP contribution in [0.15, 0.2) is 200 Å². The Balaban J connectivity index is 1.25. The van der Waals surface area contributed by atoms with Crippen molar-refractivity contribution >= 4 is 27.8 Å². The zero-order valence-electron chi connectivity index (χ0n) is 31.5. The van der Waals surface area contributed by atoms with Crippen LogP contribution in [0.1, 0.15) is 8.22 Å². The van der Waals surface area contributed by atoms with E-state index in [1.165, 1.54) is 0 Å². The Morgan fingerprint density at radius 2 is 0.745 bits per heavy atom. The highest BCUT2D eigenvalue weighted by Crippen LogP contribution is 2.38. The predicted molar refractivity (Wildman–Crippen MR) is 200 cm³/mol. The molecule has 0 radical (unpaired) electrons. The minimum absolute atomic E-state index is 0.0422. The second kappa shape index (κ2) is 12.7. The lowest BCUT2D eigenvalue weighted by molar-refractivity contribution is 1.28. The van der Waals surface area contributed by atoms with Crippen LogP contribution in [0.25, 0.3) is 55.3 Å². The second-order valence-corrected chi connectivity index (χ2v) is 11.3. The summed E-state index contributed by atoms with van der Waals surface area (Å²) < 4.78 is 53.4. The number of hydrogen-bond acceptors (Lipinski definition) is 1. The number of benzene rings is 8. The summed E-state index contributed by atoms with van der Waals surface area (Å²) >= 11 is 0. The van der Waals surface area contributed by atoms with Crippen molar-refractivity contribution in [2.24, 2.45) is 0 Å². The van der Waals surface area contributed by atoms with E-state index in [2.05, 4.69) is 77.7 Å². The molecule has 222 valence electrons. The van der Waals surface area contributed by atoms with E-state index in [9.17, 15) is 1.37 Å². The topological polar surface area (TPSA) is 3.24 Å². The molecule has 0 amide bonds. The first-order valence-electron chi connectivity index (χ1n) is 18.6. The highest BCUT2D eigenvalue weighted by molar-refractivity contribution is 5.99. The van der Waals surface area contributed by atoms with Gasteiger partial charge in [0.25, 0.3) is 0 Å². The Morgan fingerprint density at radius 1 is 0.340 bits per heavy atom. The summed E-state index contributed by atoms with van der Waals surface area (Å²) in [6.07, 6.45) is 0. The molecule has 1 nitrogen and oxygen atoms in total. The molecule has 8 aromatic carbocycles. The van der Waals surface area contributed by atoms with Crippen LogP contribution in [0.4, 0.5) is 17.1 Å². The third-order valence-electron chi connectivity index (χ3n) is 8.38. The van der Waals surface area contributed by atoms with Crippen molar-refractivity contribution in [2.75, 3.05) is 4.90 Å². The standard InChI is InChI=1S/C46H33N/c1-4-11-34(12-5-1)36-21-27-42(28-22-36)47(43-29-23-37(24-30-43)35-13-6-2-7-14-35)44-31-25-38(26-32-44)41-20-19-40-17-10-18-45(46(40)33-41)39-15-8-3-9-16-39/h1-33H/i10D,17D,18D,19D,20D,33D. The van der Waals surface area contributed by atoms with Gasteiger partial charge in [0.1, 0.15) is 0 Å². The lowest BCUT2D eigenvalue weighted by Crippen LogP contribution is -2.09. The Kier molecular flexibility index (Phi) is 6.02. The summed E-state index contributed by atoms with van der Waals surface area (Å²) in [6.45, 7) is 0. The first-order chi connectivity index (χ1) is 25.8.